The van der Waals surface area contributed by atoms with E-state index in [9.17, 15) is 26.7 Å². The molecule has 18 heavy (non-hydrogen) atoms. The molecule has 0 radical (unpaired) electrons. The summed E-state index contributed by atoms with van der Waals surface area (Å²) >= 11 is 0. The van der Waals surface area contributed by atoms with Crippen molar-refractivity contribution in [1.82, 2.24) is 4.98 Å². The third kappa shape index (κ3) is 3.37. The summed E-state index contributed by atoms with van der Waals surface area (Å²) < 4.78 is 65.9. The molecule has 0 aromatic carbocycles. The molecule has 0 fully saturated rings. The third-order valence-electron chi connectivity index (χ3n) is 1.61. The van der Waals surface area contributed by atoms with Crippen LogP contribution in [0.15, 0.2) is 11.1 Å². The van der Waals surface area contributed by atoms with Crippen LogP contribution in [0.1, 0.15) is 0 Å². The number of pyridine rings is 1. The Morgan fingerprint density at radius 2 is 2.00 bits per heavy atom. The Morgan fingerprint density at radius 1 is 1.44 bits per heavy atom. The van der Waals surface area contributed by atoms with Crippen LogP contribution in [-0.2, 0) is 10.0 Å². The molecular formula is C7H7F3N2O5S. The standard InChI is InChI=1S/C7H7F3N2O5S/c1-16-4-2-3(17-7(8,9)10)5(13)6(12-4)18(11,14)15/h2,13H,1H3,(H2,11,14,15). The van der Waals surface area contributed by atoms with Crippen molar-refractivity contribution < 1.29 is 36.2 Å². The van der Waals surface area contributed by atoms with Crippen molar-refractivity contribution in [2.24, 2.45) is 5.14 Å². The molecule has 0 aliphatic carbocycles. The van der Waals surface area contributed by atoms with Crippen molar-refractivity contribution in [3.8, 4) is 17.4 Å². The van der Waals surface area contributed by atoms with E-state index in [-0.39, 0.29) is 0 Å². The number of alkyl halides is 3. The number of nitrogens with two attached hydrogens (primary N) is 1. The smallest absolute Gasteiger partial charge is 0.502 e. The van der Waals surface area contributed by atoms with E-state index in [0.29, 0.717) is 6.07 Å². The summed E-state index contributed by atoms with van der Waals surface area (Å²) in [5, 5.41) is 12.8. The number of aromatic hydroxyl groups is 1. The quantitative estimate of drug-likeness (QED) is 0.829. The minimum Gasteiger partial charge on any atom is -0.502 e. The van der Waals surface area contributed by atoms with Gasteiger partial charge < -0.3 is 14.6 Å². The minimum absolute atomic E-state index is 0.518. The van der Waals surface area contributed by atoms with Gasteiger partial charge in [0, 0.05) is 6.07 Å². The maximum atomic E-state index is 12.0. The van der Waals surface area contributed by atoms with E-state index in [1.165, 1.54) is 0 Å². The highest BCUT2D eigenvalue weighted by Gasteiger charge is 2.34. The first-order valence-corrected chi connectivity index (χ1v) is 5.66. The van der Waals surface area contributed by atoms with Crippen LogP contribution in [0.25, 0.3) is 0 Å². The van der Waals surface area contributed by atoms with Gasteiger partial charge in [0.1, 0.15) is 0 Å². The number of hydrogen-bond donors (Lipinski definition) is 2. The molecule has 0 bridgehead atoms. The summed E-state index contributed by atoms with van der Waals surface area (Å²) in [5.74, 6) is -3.05. The number of hydrogen-bond acceptors (Lipinski definition) is 6. The summed E-state index contributed by atoms with van der Waals surface area (Å²) in [6.07, 6.45) is -5.13. The zero-order valence-corrected chi connectivity index (χ0v) is 9.54. The molecule has 0 spiro atoms. The molecule has 0 atom stereocenters. The Morgan fingerprint density at radius 3 is 2.39 bits per heavy atom. The van der Waals surface area contributed by atoms with Crippen LogP contribution in [0.5, 0.6) is 17.4 Å². The molecule has 0 aliphatic heterocycles. The van der Waals surface area contributed by atoms with Gasteiger partial charge in [-0.2, -0.15) is 4.98 Å². The van der Waals surface area contributed by atoms with Crippen molar-refractivity contribution in [1.29, 1.82) is 0 Å². The van der Waals surface area contributed by atoms with E-state index in [4.69, 9.17) is 0 Å². The normalized spacial score (nSPS) is 12.3. The monoisotopic (exact) mass is 288 g/mol. The van der Waals surface area contributed by atoms with Crippen molar-refractivity contribution in [3.05, 3.63) is 6.07 Å². The van der Waals surface area contributed by atoms with E-state index < -0.39 is 38.8 Å². The summed E-state index contributed by atoms with van der Waals surface area (Å²) in [5.41, 5.74) is 0. The lowest BCUT2D eigenvalue weighted by Gasteiger charge is -2.12. The molecule has 0 unspecified atom stereocenters. The number of nitrogens with zero attached hydrogens (tertiary/aromatic N) is 1. The van der Waals surface area contributed by atoms with E-state index in [0.717, 1.165) is 7.11 Å². The Kier molecular flexibility index (Phi) is 3.57. The topological polar surface area (TPSA) is 112 Å². The number of halogens is 3. The predicted molar refractivity (Wildman–Crippen MR) is 50.5 cm³/mol. The molecule has 1 heterocycles. The highest BCUT2D eigenvalue weighted by molar-refractivity contribution is 7.89. The van der Waals surface area contributed by atoms with Crippen LogP contribution >= 0.6 is 0 Å². The number of aromatic nitrogens is 1. The molecule has 0 amide bonds. The number of rotatable bonds is 3. The fourth-order valence-corrected chi connectivity index (χ4v) is 1.56. The summed E-state index contributed by atoms with van der Waals surface area (Å²) in [4.78, 5) is 3.22. The lowest BCUT2D eigenvalue weighted by molar-refractivity contribution is -0.275. The largest absolute Gasteiger partial charge is 0.573 e. The van der Waals surface area contributed by atoms with Gasteiger partial charge in [-0.05, 0) is 0 Å². The number of primary sulfonamides is 1. The van der Waals surface area contributed by atoms with Crippen molar-refractivity contribution in [2.45, 2.75) is 11.4 Å². The zero-order chi connectivity index (χ0) is 14.1. The van der Waals surface area contributed by atoms with Gasteiger partial charge in [-0.3, -0.25) is 0 Å². The molecule has 102 valence electrons. The average Bonchev–Trinajstić information content (AvgIpc) is 2.17. The van der Waals surface area contributed by atoms with Gasteiger partial charge in [0.05, 0.1) is 7.11 Å². The molecule has 0 aliphatic rings. The Labute approximate surface area is 99.0 Å². The van der Waals surface area contributed by atoms with Gasteiger partial charge in [-0.15, -0.1) is 13.2 Å². The maximum absolute atomic E-state index is 12.0. The van der Waals surface area contributed by atoms with Gasteiger partial charge >= 0.3 is 6.36 Å². The number of methoxy groups -OCH3 is 1. The Bertz CT molecular complexity index is 557. The summed E-state index contributed by atoms with van der Waals surface area (Å²) in [7, 11) is -3.50. The van der Waals surface area contributed by atoms with Gasteiger partial charge in [0.15, 0.2) is 11.5 Å². The first kappa shape index (κ1) is 14.3. The summed E-state index contributed by atoms with van der Waals surface area (Å²) in [6, 6.07) is 0.567. The van der Waals surface area contributed by atoms with Crippen LogP contribution in [0.3, 0.4) is 0 Å². The van der Waals surface area contributed by atoms with E-state index in [1.807, 2.05) is 0 Å². The van der Waals surface area contributed by atoms with E-state index in [1.54, 1.807) is 0 Å². The molecule has 7 nitrogen and oxygen atoms in total. The average molecular weight is 288 g/mol. The lowest BCUT2D eigenvalue weighted by Crippen LogP contribution is -2.19. The second-order valence-corrected chi connectivity index (χ2v) is 4.39. The lowest BCUT2D eigenvalue weighted by atomic mass is 10.4. The molecule has 1 aromatic heterocycles. The fraction of sp³-hybridized carbons (Fsp3) is 0.286. The van der Waals surface area contributed by atoms with Crippen LogP contribution in [0.2, 0.25) is 0 Å². The van der Waals surface area contributed by atoms with Crippen LogP contribution in [0, 0.1) is 0 Å². The summed E-state index contributed by atoms with van der Waals surface area (Å²) in [6.45, 7) is 0. The van der Waals surface area contributed by atoms with Crippen LogP contribution in [-0.4, -0.2) is 32.0 Å². The van der Waals surface area contributed by atoms with Gasteiger partial charge in [-0.1, -0.05) is 0 Å². The number of ether oxygens (including phenoxy) is 2. The van der Waals surface area contributed by atoms with Gasteiger partial charge in [0.2, 0.25) is 10.9 Å². The van der Waals surface area contributed by atoms with Crippen LogP contribution in [0.4, 0.5) is 13.2 Å². The van der Waals surface area contributed by atoms with Gasteiger partial charge in [-0.25, -0.2) is 13.6 Å². The molecule has 1 aromatic rings. The molecule has 3 N–H and O–H groups in total. The SMILES string of the molecule is COc1cc(OC(F)(F)F)c(O)c(S(N)(=O)=O)n1. The van der Waals surface area contributed by atoms with Crippen molar-refractivity contribution in [3.63, 3.8) is 0 Å². The second-order valence-electron chi connectivity index (χ2n) is 2.91. The van der Waals surface area contributed by atoms with E-state index in [2.05, 4.69) is 19.6 Å². The zero-order valence-electron chi connectivity index (χ0n) is 8.72. The number of sulfonamides is 1. The highest BCUT2D eigenvalue weighted by Crippen LogP contribution is 2.37. The van der Waals surface area contributed by atoms with E-state index >= 15 is 0 Å². The minimum atomic E-state index is -5.13. The Hall–Kier alpha value is -1.75. The molecule has 1 rings (SSSR count). The van der Waals surface area contributed by atoms with Crippen molar-refractivity contribution in [2.75, 3.05) is 7.11 Å². The highest BCUT2D eigenvalue weighted by atomic mass is 32.2. The second kappa shape index (κ2) is 4.49. The van der Waals surface area contributed by atoms with Gasteiger partial charge in [0.25, 0.3) is 10.0 Å². The molecule has 0 saturated carbocycles. The fourth-order valence-electron chi connectivity index (χ4n) is 0.977. The molecule has 11 heteroatoms. The maximum Gasteiger partial charge on any atom is 0.573 e. The van der Waals surface area contributed by atoms with Crippen LogP contribution < -0.4 is 14.6 Å². The first-order chi connectivity index (χ1) is 8.04. The van der Waals surface area contributed by atoms with Crippen molar-refractivity contribution >= 4 is 10.0 Å². The Balaban J connectivity index is 3.44. The molecular weight excluding hydrogens is 281 g/mol. The predicted octanol–water partition coefficient (Wildman–Crippen LogP) is 0.342. The first-order valence-electron chi connectivity index (χ1n) is 4.11. The third-order valence-corrected chi connectivity index (χ3v) is 2.43. The molecule has 0 saturated heterocycles.